The van der Waals surface area contributed by atoms with Crippen LogP contribution >= 0.6 is 11.8 Å². The number of hydrogen-bond donors (Lipinski definition) is 3. The van der Waals surface area contributed by atoms with Gasteiger partial charge in [-0.05, 0) is 49.6 Å². The van der Waals surface area contributed by atoms with Gasteiger partial charge >= 0.3 is 0 Å². The lowest BCUT2D eigenvalue weighted by Crippen LogP contribution is -2.42. The summed E-state index contributed by atoms with van der Waals surface area (Å²) >= 11 is 1.54. The van der Waals surface area contributed by atoms with Gasteiger partial charge in [0.05, 0.1) is 11.9 Å². The molecule has 1 aromatic carbocycles. The fourth-order valence-corrected chi connectivity index (χ4v) is 4.64. The van der Waals surface area contributed by atoms with E-state index in [-0.39, 0.29) is 17.9 Å². The van der Waals surface area contributed by atoms with Gasteiger partial charge in [0.15, 0.2) is 0 Å². The smallest absolute Gasteiger partial charge is 0.251 e. The molecule has 3 heterocycles. The lowest BCUT2D eigenvalue weighted by molar-refractivity contribution is -0.114. The van der Waals surface area contributed by atoms with Crippen molar-refractivity contribution in [2.75, 3.05) is 5.32 Å². The van der Waals surface area contributed by atoms with Gasteiger partial charge in [-0.3, -0.25) is 14.6 Å². The van der Waals surface area contributed by atoms with Gasteiger partial charge in [-0.1, -0.05) is 11.8 Å². The van der Waals surface area contributed by atoms with E-state index in [0.29, 0.717) is 23.3 Å². The molecule has 4 rings (SSSR count). The van der Waals surface area contributed by atoms with Crippen molar-refractivity contribution in [3.8, 4) is 0 Å². The monoisotopic (exact) mass is 382 g/mol. The molecule has 27 heavy (non-hydrogen) atoms. The number of rotatable bonds is 5. The van der Waals surface area contributed by atoms with E-state index in [1.807, 2.05) is 30.3 Å². The van der Waals surface area contributed by atoms with E-state index in [9.17, 15) is 9.59 Å². The van der Waals surface area contributed by atoms with Gasteiger partial charge in [0.25, 0.3) is 5.91 Å². The molecule has 0 radical (unpaired) electrons. The molecule has 2 aliphatic rings. The number of pyridine rings is 1. The Morgan fingerprint density at radius 2 is 1.96 bits per heavy atom. The van der Waals surface area contributed by atoms with E-state index >= 15 is 0 Å². The highest BCUT2D eigenvalue weighted by molar-refractivity contribution is 7.99. The van der Waals surface area contributed by atoms with Crippen LogP contribution in [-0.2, 0) is 4.79 Å². The average Bonchev–Trinajstić information content (AvgIpc) is 3.25. The number of carbonyl (C=O) groups excluding carboxylic acids is 2. The number of fused-ring (bicyclic) bond motifs is 2. The first-order valence-corrected chi connectivity index (χ1v) is 9.96. The highest BCUT2D eigenvalue weighted by Gasteiger charge is 2.39. The number of aromatic nitrogens is 1. The second kappa shape index (κ2) is 7.70. The second-order valence-electron chi connectivity index (χ2n) is 7.08. The minimum atomic E-state index is -0.125. The van der Waals surface area contributed by atoms with Gasteiger partial charge in [-0.15, -0.1) is 0 Å². The van der Waals surface area contributed by atoms with Gasteiger partial charge in [0.2, 0.25) is 5.91 Å². The van der Waals surface area contributed by atoms with Gasteiger partial charge in [-0.2, -0.15) is 0 Å². The summed E-state index contributed by atoms with van der Waals surface area (Å²) in [6.45, 7) is 1.47. The molecule has 0 aliphatic carbocycles. The normalized spacial score (nSPS) is 23.2. The zero-order valence-electron chi connectivity index (χ0n) is 15.1. The second-order valence-corrected chi connectivity index (χ2v) is 8.23. The summed E-state index contributed by atoms with van der Waals surface area (Å²) < 4.78 is 0. The van der Waals surface area contributed by atoms with Crippen molar-refractivity contribution < 1.29 is 9.59 Å². The van der Waals surface area contributed by atoms with Gasteiger partial charge in [-0.25, -0.2) is 0 Å². The van der Waals surface area contributed by atoms with Crippen molar-refractivity contribution in [1.82, 2.24) is 15.6 Å². The summed E-state index contributed by atoms with van der Waals surface area (Å²) in [5.41, 5.74) is 1.34. The predicted octanol–water partition coefficient (Wildman–Crippen LogP) is 2.81. The van der Waals surface area contributed by atoms with Crippen LogP contribution in [0.25, 0.3) is 0 Å². The quantitative estimate of drug-likeness (QED) is 0.741. The lowest BCUT2D eigenvalue weighted by Gasteiger charge is -2.21. The summed E-state index contributed by atoms with van der Waals surface area (Å²) in [4.78, 5) is 29.7. The minimum absolute atomic E-state index is 0.0137. The highest BCUT2D eigenvalue weighted by Crippen LogP contribution is 2.30. The lowest BCUT2D eigenvalue weighted by atomic mass is 9.95. The molecule has 3 N–H and O–H groups in total. The molecule has 2 fully saturated rings. The Labute approximate surface area is 162 Å². The molecule has 0 saturated carbocycles. The Bertz CT molecular complexity index is 855. The van der Waals surface area contributed by atoms with Crippen LogP contribution in [0, 0.1) is 0 Å². The zero-order valence-corrected chi connectivity index (χ0v) is 15.9. The van der Waals surface area contributed by atoms with Crippen molar-refractivity contribution >= 4 is 29.3 Å². The summed E-state index contributed by atoms with van der Waals surface area (Å²) in [6.07, 6.45) is 6.77. The molecule has 0 spiro atoms. The van der Waals surface area contributed by atoms with Crippen LogP contribution in [0.4, 0.5) is 5.69 Å². The van der Waals surface area contributed by atoms with E-state index in [1.54, 1.807) is 12.4 Å². The molecular formula is C20H22N4O2S. The topological polar surface area (TPSA) is 83.1 Å². The van der Waals surface area contributed by atoms with E-state index < -0.39 is 0 Å². The molecular weight excluding hydrogens is 360 g/mol. The first-order chi connectivity index (χ1) is 13.1. The average molecular weight is 382 g/mol. The predicted molar refractivity (Wildman–Crippen MR) is 105 cm³/mol. The summed E-state index contributed by atoms with van der Waals surface area (Å²) in [5.74, 6) is -0.139. The Morgan fingerprint density at radius 1 is 1.15 bits per heavy atom. The van der Waals surface area contributed by atoms with Gasteiger partial charge < -0.3 is 16.0 Å². The van der Waals surface area contributed by atoms with Crippen molar-refractivity contribution in [2.45, 2.75) is 54.1 Å². The standard InChI is InChI=1S/C20H22N4O2S/c1-12(25)22-15-8-17(11-21-10-15)27-16-5-2-13(3-6-16)20(26)24-19-9-14-4-7-18(19)23-14/h2-3,5-6,8,10-11,14,18-19,23H,4,7,9H2,1H3,(H,22,25)(H,24,26). The van der Waals surface area contributed by atoms with Crippen LogP contribution in [-0.4, -0.2) is 34.9 Å². The van der Waals surface area contributed by atoms with Crippen LogP contribution in [0.3, 0.4) is 0 Å². The van der Waals surface area contributed by atoms with E-state index in [4.69, 9.17) is 0 Å². The summed E-state index contributed by atoms with van der Waals surface area (Å²) in [7, 11) is 0. The fraction of sp³-hybridized carbons (Fsp3) is 0.350. The molecule has 140 valence electrons. The first kappa shape index (κ1) is 18.0. The molecule has 2 saturated heterocycles. The van der Waals surface area contributed by atoms with E-state index in [1.165, 1.54) is 25.1 Å². The van der Waals surface area contributed by atoms with Crippen LogP contribution in [0.15, 0.2) is 52.5 Å². The third-order valence-electron chi connectivity index (χ3n) is 5.00. The first-order valence-electron chi connectivity index (χ1n) is 9.14. The Kier molecular flexibility index (Phi) is 5.13. The largest absolute Gasteiger partial charge is 0.348 e. The van der Waals surface area contributed by atoms with Crippen LogP contribution in [0.2, 0.25) is 0 Å². The molecule has 2 aromatic rings. The van der Waals surface area contributed by atoms with E-state index in [2.05, 4.69) is 20.9 Å². The highest BCUT2D eigenvalue weighted by atomic mass is 32.2. The number of anilines is 1. The number of hydrogen-bond acceptors (Lipinski definition) is 5. The summed E-state index contributed by atoms with van der Waals surface area (Å²) in [5, 5.41) is 9.43. The Hall–Kier alpha value is -2.38. The number of amides is 2. The maximum Gasteiger partial charge on any atom is 0.251 e. The SMILES string of the molecule is CC(=O)Nc1cncc(Sc2ccc(C(=O)NC3CC4CCC3N4)cc2)c1. The molecule has 3 atom stereocenters. The van der Waals surface area contributed by atoms with Crippen LogP contribution < -0.4 is 16.0 Å². The van der Waals surface area contributed by atoms with E-state index in [0.717, 1.165) is 22.6 Å². The van der Waals surface area contributed by atoms with Crippen molar-refractivity contribution in [3.05, 3.63) is 48.3 Å². The number of nitrogens with one attached hydrogen (secondary N) is 3. The zero-order chi connectivity index (χ0) is 18.8. The Balaban J connectivity index is 1.37. The van der Waals surface area contributed by atoms with Gasteiger partial charge in [0.1, 0.15) is 0 Å². The number of nitrogens with zero attached hydrogens (tertiary/aromatic N) is 1. The van der Waals surface area contributed by atoms with Crippen molar-refractivity contribution in [3.63, 3.8) is 0 Å². The molecule has 2 amide bonds. The molecule has 2 bridgehead atoms. The minimum Gasteiger partial charge on any atom is -0.348 e. The van der Waals surface area contributed by atoms with Crippen LogP contribution in [0.1, 0.15) is 36.5 Å². The van der Waals surface area contributed by atoms with Crippen molar-refractivity contribution in [1.29, 1.82) is 0 Å². The van der Waals surface area contributed by atoms with Crippen LogP contribution in [0.5, 0.6) is 0 Å². The molecule has 1 aromatic heterocycles. The summed E-state index contributed by atoms with van der Waals surface area (Å²) in [6, 6.07) is 10.7. The molecule has 6 nitrogen and oxygen atoms in total. The maximum absolute atomic E-state index is 12.5. The third kappa shape index (κ3) is 4.31. The van der Waals surface area contributed by atoms with Crippen molar-refractivity contribution in [2.24, 2.45) is 0 Å². The number of carbonyl (C=O) groups is 2. The Morgan fingerprint density at radius 3 is 2.63 bits per heavy atom. The molecule has 3 unspecified atom stereocenters. The fourth-order valence-electron chi connectivity index (χ4n) is 3.79. The third-order valence-corrected chi connectivity index (χ3v) is 5.97. The molecule has 2 aliphatic heterocycles. The maximum atomic E-state index is 12.5. The van der Waals surface area contributed by atoms with Gasteiger partial charge in [0, 0.05) is 46.6 Å². The number of benzene rings is 1. The molecule has 7 heteroatoms.